The van der Waals surface area contributed by atoms with E-state index in [0.717, 1.165) is 29.1 Å². The molecule has 3 aromatic rings. The molecule has 0 saturated heterocycles. The predicted molar refractivity (Wildman–Crippen MR) is 95.6 cm³/mol. The predicted octanol–water partition coefficient (Wildman–Crippen LogP) is 3.29. The van der Waals surface area contributed by atoms with Gasteiger partial charge in [-0.15, -0.1) is 0 Å². The molecule has 2 N–H and O–H groups in total. The topological polar surface area (TPSA) is 57.8 Å². The van der Waals surface area contributed by atoms with Crippen LogP contribution in [-0.4, -0.2) is 22.4 Å². The standard InChI is InChI=1S/C20H21N3O/c1-15-7-9-17(10-8-15)20-22-14-18(23-20)11-12-21-19(24)13-16-5-3-2-4-6-16/h2-10,14H,11-13H2,1H3,(H,21,24)(H,22,23). The van der Waals surface area contributed by atoms with Gasteiger partial charge in [-0.1, -0.05) is 60.2 Å². The Morgan fingerprint density at radius 3 is 2.58 bits per heavy atom. The van der Waals surface area contributed by atoms with Gasteiger partial charge in [0.1, 0.15) is 5.82 Å². The molecule has 0 radical (unpaired) electrons. The molecule has 4 heteroatoms. The first-order valence-electron chi connectivity index (χ1n) is 8.12. The Morgan fingerprint density at radius 2 is 1.83 bits per heavy atom. The van der Waals surface area contributed by atoms with Crippen LogP contribution < -0.4 is 5.32 Å². The molecule has 0 aliphatic rings. The van der Waals surface area contributed by atoms with Crippen molar-refractivity contribution < 1.29 is 4.79 Å². The number of nitrogens with zero attached hydrogens (tertiary/aromatic N) is 1. The van der Waals surface area contributed by atoms with Gasteiger partial charge in [0.25, 0.3) is 0 Å². The van der Waals surface area contributed by atoms with E-state index < -0.39 is 0 Å². The lowest BCUT2D eigenvalue weighted by molar-refractivity contribution is -0.120. The summed E-state index contributed by atoms with van der Waals surface area (Å²) in [6.45, 7) is 2.66. The highest BCUT2D eigenvalue weighted by Crippen LogP contribution is 2.16. The average molecular weight is 319 g/mol. The maximum absolute atomic E-state index is 11.9. The third-order valence-electron chi connectivity index (χ3n) is 3.88. The van der Waals surface area contributed by atoms with Crippen LogP contribution in [-0.2, 0) is 17.6 Å². The van der Waals surface area contributed by atoms with E-state index in [0.29, 0.717) is 13.0 Å². The minimum absolute atomic E-state index is 0.0412. The van der Waals surface area contributed by atoms with Crippen LogP contribution in [0, 0.1) is 6.92 Å². The van der Waals surface area contributed by atoms with Crippen LogP contribution in [0.3, 0.4) is 0 Å². The molecule has 0 spiro atoms. The van der Waals surface area contributed by atoms with Gasteiger partial charge in [0.15, 0.2) is 0 Å². The van der Waals surface area contributed by atoms with Crippen molar-refractivity contribution in [2.24, 2.45) is 0 Å². The van der Waals surface area contributed by atoms with E-state index in [2.05, 4.69) is 46.5 Å². The molecule has 2 aromatic carbocycles. The summed E-state index contributed by atoms with van der Waals surface area (Å²) in [6, 6.07) is 18.0. The van der Waals surface area contributed by atoms with E-state index in [1.54, 1.807) is 0 Å². The van der Waals surface area contributed by atoms with Crippen molar-refractivity contribution in [1.29, 1.82) is 0 Å². The molecule has 4 nitrogen and oxygen atoms in total. The summed E-state index contributed by atoms with van der Waals surface area (Å²) in [5.74, 6) is 0.903. The Bertz CT molecular complexity index is 791. The van der Waals surface area contributed by atoms with Crippen molar-refractivity contribution in [3.8, 4) is 11.4 Å². The lowest BCUT2D eigenvalue weighted by Crippen LogP contribution is -2.27. The maximum atomic E-state index is 11.9. The van der Waals surface area contributed by atoms with Gasteiger partial charge >= 0.3 is 0 Å². The molecule has 0 aliphatic carbocycles. The Labute approximate surface area is 142 Å². The van der Waals surface area contributed by atoms with Gasteiger partial charge in [0.2, 0.25) is 5.91 Å². The largest absolute Gasteiger partial charge is 0.355 e. The van der Waals surface area contributed by atoms with Crippen LogP contribution in [0.1, 0.15) is 16.8 Å². The number of amides is 1. The second-order valence-corrected chi connectivity index (χ2v) is 5.89. The minimum Gasteiger partial charge on any atom is -0.355 e. The third-order valence-corrected chi connectivity index (χ3v) is 3.88. The van der Waals surface area contributed by atoms with Crippen molar-refractivity contribution in [2.45, 2.75) is 19.8 Å². The minimum atomic E-state index is 0.0412. The van der Waals surface area contributed by atoms with Gasteiger partial charge < -0.3 is 10.3 Å². The molecule has 24 heavy (non-hydrogen) atoms. The van der Waals surface area contributed by atoms with E-state index in [1.807, 2.05) is 36.5 Å². The SMILES string of the molecule is Cc1ccc(-c2ncc(CCNC(=O)Cc3ccccc3)[nH]2)cc1. The molecule has 0 atom stereocenters. The summed E-state index contributed by atoms with van der Waals surface area (Å²) in [7, 11) is 0. The van der Waals surface area contributed by atoms with Crippen LogP contribution in [0.2, 0.25) is 0 Å². The Kier molecular flexibility index (Phi) is 5.06. The van der Waals surface area contributed by atoms with Crippen molar-refractivity contribution in [2.75, 3.05) is 6.54 Å². The first-order chi connectivity index (χ1) is 11.7. The Hall–Kier alpha value is -2.88. The summed E-state index contributed by atoms with van der Waals surface area (Å²) >= 11 is 0. The highest BCUT2D eigenvalue weighted by molar-refractivity contribution is 5.78. The zero-order chi connectivity index (χ0) is 16.8. The number of aromatic nitrogens is 2. The molecule has 1 aromatic heterocycles. The fourth-order valence-corrected chi connectivity index (χ4v) is 2.52. The van der Waals surface area contributed by atoms with Crippen LogP contribution in [0.5, 0.6) is 0 Å². The molecule has 122 valence electrons. The zero-order valence-electron chi connectivity index (χ0n) is 13.8. The number of carbonyl (C=O) groups excluding carboxylic acids is 1. The summed E-state index contributed by atoms with van der Waals surface area (Å²) < 4.78 is 0. The van der Waals surface area contributed by atoms with Gasteiger partial charge in [0.05, 0.1) is 6.42 Å². The number of hydrogen-bond donors (Lipinski definition) is 2. The van der Waals surface area contributed by atoms with E-state index in [4.69, 9.17) is 0 Å². The fraction of sp³-hybridized carbons (Fsp3) is 0.200. The van der Waals surface area contributed by atoms with Crippen molar-refractivity contribution in [1.82, 2.24) is 15.3 Å². The van der Waals surface area contributed by atoms with Gasteiger partial charge in [0, 0.05) is 30.4 Å². The summed E-state index contributed by atoms with van der Waals surface area (Å²) in [6.07, 6.45) is 2.98. The summed E-state index contributed by atoms with van der Waals surface area (Å²) in [5.41, 5.74) is 4.34. The highest BCUT2D eigenvalue weighted by atomic mass is 16.1. The number of aromatic amines is 1. The van der Waals surface area contributed by atoms with Crippen molar-refractivity contribution in [3.63, 3.8) is 0 Å². The van der Waals surface area contributed by atoms with Gasteiger partial charge in [-0.2, -0.15) is 0 Å². The third kappa shape index (κ3) is 4.32. The van der Waals surface area contributed by atoms with E-state index in [-0.39, 0.29) is 5.91 Å². The summed E-state index contributed by atoms with van der Waals surface area (Å²) in [5, 5.41) is 2.95. The smallest absolute Gasteiger partial charge is 0.224 e. The zero-order valence-corrected chi connectivity index (χ0v) is 13.8. The lowest BCUT2D eigenvalue weighted by atomic mass is 10.1. The van der Waals surface area contributed by atoms with Crippen LogP contribution in [0.4, 0.5) is 0 Å². The summed E-state index contributed by atoms with van der Waals surface area (Å²) in [4.78, 5) is 19.6. The second kappa shape index (κ2) is 7.59. The van der Waals surface area contributed by atoms with Gasteiger partial charge in [-0.05, 0) is 12.5 Å². The van der Waals surface area contributed by atoms with E-state index in [1.165, 1.54) is 5.56 Å². The van der Waals surface area contributed by atoms with Crippen LogP contribution in [0.15, 0.2) is 60.8 Å². The number of nitrogens with one attached hydrogen (secondary N) is 2. The van der Waals surface area contributed by atoms with E-state index in [9.17, 15) is 4.79 Å². The van der Waals surface area contributed by atoms with Gasteiger partial charge in [-0.25, -0.2) is 4.98 Å². The average Bonchev–Trinajstić information content (AvgIpc) is 3.05. The van der Waals surface area contributed by atoms with E-state index >= 15 is 0 Å². The molecular formula is C20H21N3O. The van der Waals surface area contributed by atoms with Crippen LogP contribution in [0.25, 0.3) is 11.4 Å². The molecule has 0 aliphatic heterocycles. The molecular weight excluding hydrogens is 298 g/mol. The maximum Gasteiger partial charge on any atom is 0.224 e. The normalized spacial score (nSPS) is 10.5. The number of aryl methyl sites for hydroxylation is 1. The first kappa shape index (κ1) is 16.0. The van der Waals surface area contributed by atoms with Crippen molar-refractivity contribution in [3.05, 3.63) is 77.6 Å². The second-order valence-electron chi connectivity index (χ2n) is 5.89. The number of benzene rings is 2. The molecule has 0 saturated carbocycles. The molecule has 1 heterocycles. The monoisotopic (exact) mass is 319 g/mol. The molecule has 3 rings (SSSR count). The first-order valence-corrected chi connectivity index (χ1v) is 8.12. The molecule has 0 unspecified atom stereocenters. The van der Waals surface area contributed by atoms with Crippen LogP contribution >= 0.6 is 0 Å². The van der Waals surface area contributed by atoms with Gasteiger partial charge in [-0.3, -0.25) is 4.79 Å². The number of imidazole rings is 1. The molecule has 1 amide bonds. The highest BCUT2D eigenvalue weighted by Gasteiger charge is 2.05. The molecule has 0 fully saturated rings. The lowest BCUT2D eigenvalue weighted by Gasteiger charge is -2.04. The Morgan fingerprint density at radius 1 is 1.08 bits per heavy atom. The van der Waals surface area contributed by atoms with Crippen molar-refractivity contribution >= 4 is 5.91 Å². The Balaban J connectivity index is 1.49. The fourth-order valence-electron chi connectivity index (χ4n) is 2.52. The number of H-pyrrole nitrogens is 1. The number of rotatable bonds is 6. The quantitative estimate of drug-likeness (QED) is 0.732. The number of carbonyl (C=O) groups is 1. The molecule has 0 bridgehead atoms. The number of hydrogen-bond acceptors (Lipinski definition) is 2.